The molecule has 0 bridgehead atoms. The minimum atomic E-state index is -5.05. The number of thioether (sulfide) groups is 1. The highest BCUT2D eigenvalue weighted by Gasteiger charge is 2.63. The predicted octanol–water partition coefficient (Wildman–Crippen LogP) is 0.414. The van der Waals surface area contributed by atoms with Crippen LogP contribution in [0.15, 0.2) is 4.99 Å². The normalized spacial score (nSPS) is 43.0. The van der Waals surface area contributed by atoms with Crippen molar-refractivity contribution >= 4 is 16.9 Å². The SMILES string of the molecule is CN=C1N[C@@H]2[C@@H](F)[C@H](O)[C@@H](C(C)(O)C(F)(F)F)O[C@@H]2S1. The molecule has 20 heavy (non-hydrogen) atoms. The van der Waals surface area contributed by atoms with Crippen LogP contribution in [0.4, 0.5) is 17.6 Å². The monoisotopic (exact) mass is 318 g/mol. The van der Waals surface area contributed by atoms with Gasteiger partial charge in [-0.3, -0.25) is 4.99 Å². The maximum Gasteiger partial charge on any atom is 0.419 e. The van der Waals surface area contributed by atoms with E-state index in [4.69, 9.17) is 4.74 Å². The molecule has 6 atom stereocenters. The number of nitrogens with zero attached hydrogens (tertiary/aromatic N) is 1. The van der Waals surface area contributed by atoms with Gasteiger partial charge in [-0.25, -0.2) is 4.39 Å². The van der Waals surface area contributed by atoms with Gasteiger partial charge < -0.3 is 20.3 Å². The Morgan fingerprint density at radius 3 is 2.50 bits per heavy atom. The highest BCUT2D eigenvalue weighted by molar-refractivity contribution is 8.14. The summed E-state index contributed by atoms with van der Waals surface area (Å²) in [5.41, 5.74) is -4.35. The van der Waals surface area contributed by atoms with Crippen LogP contribution in [0.2, 0.25) is 0 Å². The second-order valence-electron chi connectivity index (χ2n) is 4.82. The Hall–Kier alpha value is -0.580. The van der Waals surface area contributed by atoms with Gasteiger partial charge in [-0.1, -0.05) is 11.8 Å². The van der Waals surface area contributed by atoms with Gasteiger partial charge in [-0.05, 0) is 6.92 Å². The van der Waals surface area contributed by atoms with Gasteiger partial charge in [0, 0.05) is 7.05 Å². The third-order valence-corrected chi connectivity index (χ3v) is 4.56. The Kier molecular flexibility index (Phi) is 3.95. The van der Waals surface area contributed by atoms with Crippen molar-refractivity contribution < 1.29 is 32.5 Å². The summed E-state index contributed by atoms with van der Waals surface area (Å²) in [6, 6.07) is -1.01. The zero-order valence-electron chi connectivity index (χ0n) is 10.6. The molecule has 0 radical (unpaired) electrons. The maximum atomic E-state index is 14.1. The van der Waals surface area contributed by atoms with E-state index in [2.05, 4.69) is 10.3 Å². The molecular formula is C10H14F4N2O3S. The molecule has 2 rings (SSSR count). The number of aliphatic hydroxyl groups excluding tert-OH is 1. The minimum absolute atomic E-state index is 0.308. The van der Waals surface area contributed by atoms with Crippen LogP contribution >= 0.6 is 11.8 Å². The second kappa shape index (κ2) is 5.00. The highest BCUT2D eigenvalue weighted by Crippen LogP contribution is 2.43. The zero-order valence-corrected chi connectivity index (χ0v) is 11.4. The number of fused-ring (bicyclic) bond motifs is 1. The first kappa shape index (κ1) is 15.8. The van der Waals surface area contributed by atoms with Crippen molar-refractivity contribution in [3.05, 3.63) is 0 Å². The molecule has 2 saturated heterocycles. The van der Waals surface area contributed by atoms with Crippen LogP contribution in [0.1, 0.15) is 6.92 Å². The number of rotatable bonds is 1. The molecule has 2 fully saturated rings. The number of ether oxygens (including phenoxy) is 1. The van der Waals surface area contributed by atoms with Crippen LogP contribution in [0.5, 0.6) is 0 Å². The average molecular weight is 318 g/mol. The van der Waals surface area contributed by atoms with E-state index in [9.17, 15) is 27.8 Å². The van der Waals surface area contributed by atoms with Crippen molar-refractivity contribution in [3.63, 3.8) is 0 Å². The second-order valence-corrected chi connectivity index (χ2v) is 5.91. The summed E-state index contributed by atoms with van der Waals surface area (Å²) >= 11 is 0.918. The van der Waals surface area contributed by atoms with E-state index in [-0.39, 0.29) is 0 Å². The van der Waals surface area contributed by atoms with Crippen molar-refractivity contribution in [1.29, 1.82) is 0 Å². The largest absolute Gasteiger partial charge is 0.419 e. The van der Waals surface area contributed by atoms with Crippen molar-refractivity contribution in [3.8, 4) is 0 Å². The number of aliphatic imine (C=N–C) groups is 1. The fraction of sp³-hybridized carbons (Fsp3) is 0.900. The molecule has 0 aromatic carbocycles. The summed E-state index contributed by atoms with van der Waals surface area (Å²) in [5.74, 6) is 0. The van der Waals surface area contributed by atoms with Gasteiger partial charge in [0.05, 0.1) is 6.04 Å². The van der Waals surface area contributed by atoms with E-state index >= 15 is 0 Å². The molecule has 2 aliphatic heterocycles. The van der Waals surface area contributed by atoms with Crippen molar-refractivity contribution in [2.75, 3.05) is 7.05 Å². The van der Waals surface area contributed by atoms with Crippen LogP contribution in [0.25, 0.3) is 0 Å². The van der Waals surface area contributed by atoms with E-state index in [0.717, 1.165) is 11.8 Å². The van der Waals surface area contributed by atoms with E-state index in [1.807, 2.05) is 0 Å². The quantitative estimate of drug-likeness (QED) is 0.611. The third-order valence-electron chi connectivity index (χ3n) is 3.40. The topological polar surface area (TPSA) is 74.1 Å². The first-order chi connectivity index (χ1) is 9.09. The lowest BCUT2D eigenvalue weighted by molar-refractivity contribution is -0.315. The molecule has 5 nitrogen and oxygen atoms in total. The van der Waals surface area contributed by atoms with Gasteiger partial charge in [-0.2, -0.15) is 13.2 Å². The molecule has 3 N–H and O–H groups in total. The molecule has 0 aromatic rings. The molecule has 10 heteroatoms. The van der Waals surface area contributed by atoms with Gasteiger partial charge in [0.2, 0.25) is 0 Å². The number of hydrogen-bond donors (Lipinski definition) is 3. The average Bonchev–Trinajstić information content (AvgIpc) is 2.75. The predicted molar refractivity (Wildman–Crippen MR) is 64.1 cm³/mol. The molecule has 1 unspecified atom stereocenters. The number of amidine groups is 1. The number of halogens is 4. The Balaban J connectivity index is 2.26. The van der Waals surface area contributed by atoms with E-state index in [1.165, 1.54) is 7.05 Å². The number of nitrogens with one attached hydrogen (secondary N) is 1. The number of hydrogen-bond acceptors (Lipinski definition) is 5. The summed E-state index contributed by atoms with van der Waals surface area (Å²) in [4.78, 5) is 3.76. The minimum Gasteiger partial charge on any atom is -0.387 e. The summed E-state index contributed by atoms with van der Waals surface area (Å²) < 4.78 is 57.5. The standard InChI is InChI=1S/C10H14F4N2O3S/c1-9(18,10(12,13)14)6-5(17)3(11)4-7(19-6)20-8(15-2)16-4/h3-7,17-18H,1-2H3,(H,15,16)/t3-,4-,5+,6+,7-,9?/m1/s1. The van der Waals surface area contributed by atoms with E-state index < -0.39 is 41.6 Å². The summed E-state index contributed by atoms with van der Waals surface area (Å²) in [6.45, 7) is 0.454. The first-order valence-corrected chi connectivity index (χ1v) is 6.64. The Labute approximate surface area is 116 Å². The van der Waals surface area contributed by atoms with Crippen molar-refractivity contribution in [2.45, 2.75) is 48.6 Å². The molecule has 0 aromatic heterocycles. The van der Waals surface area contributed by atoms with Crippen molar-refractivity contribution in [1.82, 2.24) is 5.32 Å². The van der Waals surface area contributed by atoms with Gasteiger partial charge in [0.15, 0.2) is 16.9 Å². The van der Waals surface area contributed by atoms with E-state index in [0.29, 0.717) is 12.1 Å². The molecule has 0 spiro atoms. The molecule has 0 aliphatic carbocycles. The molecule has 116 valence electrons. The third kappa shape index (κ3) is 2.38. The lowest BCUT2D eigenvalue weighted by Crippen LogP contribution is -2.66. The summed E-state index contributed by atoms with van der Waals surface area (Å²) in [7, 11) is 1.43. The van der Waals surface area contributed by atoms with Crippen LogP contribution in [-0.4, -0.2) is 64.1 Å². The Morgan fingerprint density at radius 2 is 2.00 bits per heavy atom. The number of aliphatic hydroxyl groups is 2. The first-order valence-electron chi connectivity index (χ1n) is 5.76. The van der Waals surface area contributed by atoms with Crippen LogP contribution < -0.4 is 5.32 Å². The van der Waals surface area contributed by atoms with Crippen LogP contribution in [0.3, 0.4) is 0 Å². The summed E-state index contributed by atoms with van der Waals surface area (Å²) in [6.07, 6.45) is -11.3. The fourth-order valence-corrected chi connectivity index (χ4v) is 3.19. The lowest BCUT2D eigenvalue weighted by Gasteiger charge is -2.44. The van der Waals surface area contributed by atoms with Gasteiger partial charge in [-0.15, -0.1) is 0 Å². The molecule has 2 aliphatic rings. The van der Waals surface area contributed by atoms with Crippen LogP contribution in [-0.2, 0) is 4.74 Å². The molecular weight excluding hydrogens is 304 g/mol. The summed E-state index contributed by atoms with van der Waals surface area (Å²) in [5, 5.41) is 22.2. The van der Waals surface area contributed by atoms with Gasteiger partial charge in [0.1, 0.15) is 17.6 Å². The van der Waals surface area contributed by atoms with E-state index in [1.54, 1.807) is 0 Å². The van der Waals surface area contributed by atoms with Gasteiger partial charge >= 0.3 is 6.18 Å². The maximum absolute atomic E-state index is 14.1. The number of alkyl halides is 4. The molecule has 0 amide bonds. The Morgan fingerprint density at radius 1 is 1.40 bits per heavy atom. The fourth-order valence-electron chi connectivity index (χ4n) is 2.12. The smallest absolute Gasteiger partial charge is 0.387 e. The van der Waals surface area contributed by atoms with Crippen LogP contribution in [0, 0.1) is 0 Å². The lowest BCUT2D eigenvalue weighted by atomic mass is 9.87. The Bertz CT molecular complexity index is 418. The molecule has 0 saturated carbocycles. The highest BCUT2D eigenvalue weighted by atomic mass is 32.2. The zero-order chi connectivity index (χ0) is 15.3. The molecule has 2 heterocycles. The van der Waals surface area contributed by atoms with Crippen molar-refractivity contribution in [2.24, 2.45) is 4.99 Å². The van der Waals surface area contributed by atoms with Gasteiger partial charge in [0.25, 0.3) is 0 Å².